The lowest BCUT2D eigenvalue weighted by Crippen LogP contribution is -2.44. The number of anilines is 1. The summed E-state index contributed by atoms with van der Waals surface area (Å²) in [6.45, 7) is 1.53. The summed E-state index contributed by atoms with van der Waals surface area (Å²) in [5.41, 5.74) is -0.777. The number of hydrogen-bond donors (Lipinski definition) is 1. The molecule has 1 aromatic carbocycles. The molecule has 1 aliphatic heterocycles. The van der Waals surface area contributed by atoms with Crippen molar-refractivity contribution in [3.8, 4) is 0 Å². The first-order chi connectivity index (χ1) is 11.4. The number of aromatic nitrogens is 1. The number of benzene rings is 1. The van der Waals surface area contributed by atoms with Crippen molar-refractivity contribution in [1.29, 1.82) is 0 Å². The van der Waals surface area contributed by atoms with Crippen molar-refractivity contribution in [3.05, 3.63) is 47.0 Å². The highest BCUT2D eigenvalue weighted by atomic mass is 32.1. The molecule has 1 N–H and O–H groups in total. The van der Waals surface area contributed by atoms with Crippen molar-refractivity contribution in [2.75, 3.05) is 18.0 Å². The minimum atomic E-state index is -4.45. The van der Waals surface area contributed by atoms with E-state index in [2.05, 4.69) is 15.2 Å². The molecule has 4 nitrogen and oxygen atoms in total. The van der Waals surface area contributed by atoms with Crippen LogP contribution in [-0.4, -0.2) is 30.0 Å². The summed E-state index contributed by atoms with van der Waals surface area (Å²) in [5, 5.41) is 5.70. The Morgan fingerprint density at radius 2 is 2.04 bits per heavy atom. The molecule has 0 spiro atoms. The minimum absolute atomic E-state index is 0.0344. The first-order valence-corrected chi connectivity index (χ1v) is 8.44. The lowest BCUT2D eigenvalue weighted by atomic mass is 10.0. The zero-order chi connectivity index (χ0) is 17.2. The lowest BCUT2D eigenvalue weighted by molar-refractivity contribution is -0.137. The molecule has 0 aliphatic carbocycles. The number of halogens is 3. The molecular formula is C16H16F3N3OS. The maximum absolute atomic E-state index is 12.7. The smallest absolute Gasteiger partial charge is 0.349 e. The van der Waals surface area contributed by atoms with Crippen LogP contribution in [0.5, 0.6) is 0 Å². The van der Waals surface area contributed by atoms with E-state index in [1.165, 1.54) is 12.1 Å². The van der Waals surface area contributed by atoms with E-state index in [0.29, 0.717) is 0 Å². The predicted octanol–water partition coefficient (Wildman–Crippen LogP) is 3.56. The molecule has 0 saturated carbocycles. The molecule has 24 heavy (non-hydrogen) atoms. The molecule has 1 saturated heterocycles. The summed E-state index contributed by atoms with van der Waals surface area (Å²) >= 11 is 1.57. The second-order valence-corrected chi connectivity index (χ2v) is 6.50. The summed E-state index contributed by atoms with van der Waals surface area (Å²) in [4.78, 5) is 18.6. The summed E-state index contributed by atoms with van der Waals surface area (Å²) < 4.78 is 38.2. The van der Waals surface area contributed by atoms with E-state index in [0.717, 1.165) is 43.2 Å². The number of alkyl halides is 3. The van der Waals surface area contributed by atoms with E-state index in [-0.39, 0.29) is 11.6 Å². The monoisotopic (exact) mass is 355 g/mol. The summed E-state index contributed by atoms with van der Waals surface area (Å²) in [5.74, 6) is -0.464. The van der Waals surface area contributed by atoms with E-state index < -0.39 is 17.6 Å². The van der Waals surface area contributed by atoms with Gasteiger partial charge in [0.2, 0.25) is 0 Å². The Labute approximate surface area is 141 Å². The highest BCUT2D eigenvalue weighted by Crippen LogP contribution is 2.29. The van der Waals surface area contributed by atoms with Gasteiger partial charge in [0.25, 0.3) is 5.91 Å². The number of carbonyl (C=O) groups is 1. The van der Waals surface area contributed by atoms with Crippen molar-refractivity contribution >= 4 is 22.4 Å². The average molecular weight is 355 g/mol. The van der Waals surface area contributed by atoms with Crippen LogP contribution in [0.2, 0.25) is 0 Å². The maximum atomic E-state index is 12.7. The van der Waals surface area contributed by atoms with Crippen molar-refractivity contribution < 1.29 is 18.0 Å². The van der Waals surface area contributed by atoms with E-state index in [1.807, 2.05) is 5.38 Å². The summed E-state index contributed by atoms with van der Waals surface area (Å²) in [6, 6.07) is 4.46. The van der Waals surface area contributed by atoms with Gasteiger partial charge in [-0.2, -0.15) is 13.2 Å². The quantitative estimate of drug-likeness (QED) is 0.916. The molecule has 1 aliphatic rings. The molecule has 1 aromatic heterocycles. The van der Waals surface area contributed by atoms with Gasteiger partial charge in [0, 0.05) is 36.3 Å². The second-order valence-electron chi connectivity index (χ2n) is 5.63. The first-order valence-electron chi connectivity index (χ1n) is 7.56. The van der Waals surface area contributed by atoms with Crippen molar-refractivity contribution in [2.45, 2.75) is 25.1 Å². The van der Waals surface area contributed by atoms with Gasteiger partial charge in [-0.15, -0.1) is 11.3 Å². The fraction of sp³-hybridized carbons (Fsp3) is 0.375. The van der Waals surface area contributed by atoms with Crippen LogP contribution in [0.25, 0.3) is 0 Å². The molecule has 0 bridgehead atoms. The minimum Gasteiger partial charge on any atom is -0.349 e. The number of rotatable bonds is 3. The normalized spacial score (nSPS) is 16.2. The van der Waals surface area contributed by atoms with Gasteiger partial charge in [-0.25, -0.2) is 4.98 Å². The standard InChI is InChI=1S/C16H16F3N3OS/c17-16(18,19)12-3-1-2-11(10-12)14(23)21-13-4-7-22(8-5-13)15-20-6-9-24-15/h1-3,6,9-10,13H,4-5,7-8H2,(H,21,23). The van der Waals surface area contributed by atoms with Crippen molar-refractivity contribution in [3.63, 3.8) is 0 Å². The molecule has 0 unspecified atom stereocenters. The Morgan fingerprint density at radius 3 is 2.67 bits per heavy atom. The Kier molecular flexibility index (Phi) is 4.75. The number of hydrogen-bond acceptors (Lipinski definition) is 4. The van der Waals surface area contributed by atoms with Crippen LogP contribution in [0, 0.1) is 0 Å². The molecule has 8 heteroatoms. The lowest BCUT2D eigenvalue weighted by Gasteiger charge is -2.32. The molecule has 0 radical (unpaired) electrons. The molecule has 0 atom stereocenters. The van der Waals surface area contributed by atoms with Gasteiger partial charge in [-0.1, -0.05) is 6.07 Å². The number of nitrogens with one attached hydrogen (secondary N) is 1. The molecule has 1 amide bonds. The van der Waals surface area contributed by atoms with Crippen LogP contribution in [-0.2, 0) is 6.18 Å². The third-order valence-corrected chi connectivity index (χ3v) is 4.80. The van der Waals surface area contributed by atoms with Crippen molar-refractivity contribution in [1.82, 2.24) is 10.3 Å². The highest BCUT2D eigenvalue weighted by molar-refractivity contribution is 7.13. The Hall–Kier alpha value is -2.09. The van der Waals surface area contributed by atoms with Crippen molar-refractivity contribution in [2.24, 2.45) is 0 Å². The zero-order valence-electron chi connectivity index (χ0n) is 12.7. The number of nitrogens with zero attached hydrogens (tertiary/aromatic N) is 2. The van der Waals surface area contributed by atoms with Gasteiger partial charge in [0.15, 0.2) is 5.13 Å². The van der Waals surface area contributed by atoms with Gasteiger partial charge in [0.05, 0.1) is 5.56 Å². The van der Waals surface area contributed by atoms with Gasteiger partial charge in [-0.05, 0) is 31.0 Å². The molecular weight excluding hydrogens is 339 g/mol. The van der Waals surface area contributed by atoms with Gasteiger partial charge < -0.3 is 10.2 Å². The first kappa shape index (κ1) is 16.8. The number of amides is 1. The molecule has 1 fully saturated rings. The zero-order valence-corrected chi connectivity index (χ0v) is 13.5. The molecule has 2 aromatic rings. The topological polar surface area (TPSA) is 45.2 Å². The van der Waals surface area contributed by atoms with Crippen LogP contribution in [0.15, 0.2) is 35.8 Å². The van der Waals surface area contributed by atoms with Gasteiger partial charge in [0.1, 0.15) is 0 Å². The maximum Gasteiger partial charge on any atom is 0.416 e. The SMILES string of the molecule is O=C(NC1CCN(c2nccs2)CC1)c1cccc(C(F)(F)F)c1. The molecule has 3 rings (SSSR count). The summed E-state index contributed by atoms with van der Waals surface area (Å²) in [7, 11) is 0. The van der Waals surface area contributed by atoms with Gasteiger partial charge in [-0.3, -0.25) is 4.79 Å². The number of carbonyl (C=O) groups excluding carboxylic acids is 1. The van der Waals surface area contributed by atoms with E-state index in [4.69, 9.17) is 0 Å². The fourth-order valence-electron chi connectivity index (χ4n) is 2.69. The van der Waals surface area contributed by atoms with Gasteiger partial charge >= 0.3 is 6.18 Å². The molecule has 128 valence electrons. The van der Waals surface area contributed by atoms with Crippen LogP contribution < -0.4 is 10.2 Å². The fourth-order valence-corrected chi connectivity index (χ4v) is 3.39. The Balaban J connectivity index is 1.58. The number of piperidine rings is 1. The van der Waals surface area contributed by atoms with E-state index >= 15 is 0 Å². The highest BCUT2D eigenvalue weighted by Gasteiger charge is 2.31. The third-order valence-electron chi connectivity index (χ3n) is 3.97. The van der Waals surface area contributed by atoms with Crippen LogP contribution >= 0.6 is 11.3 Å². The third kappa shape index (κ3) is 3.87. The van der Waals surface area contributed by atoms with Crippen LogP contribution in [0.1, 0.15) is 28.8 Å². The number of thiazole rings is 1. The molecule has 2 heterocycles. The van der Waals surface area contributed by atoms with E-state index in [1.54, 1.807) is 17.5 Å². The van der Waals surface area contributed by atoms with E-state index in [9.17, 15) is 18.0 Å². The average Bonchev–Trinajstić information content (AvgIpc) is 3.09. The predicted molar refractivity (Wildman–Crippen MR) is 86.3 cm³/mol. The largest absolute Gasteiger partial charge is 0.416 e. The summed E-state index contributed by atoms with van der Waals surface area (Å²) in [6.07, 6.45) is -1.22. The Morgan fingerprint density at radius 1 is 1.29 bits per heavy atom. The Bertz CT molecular complexity index is 695. The van der Waals surface area contributed by atoms with Crippen LogP contribution in [0.3, 0.4) is 0 Å². The van der Waals surface area contributed by atoms with Crippen LogP contribution in [0.4, 0.5) is 18.3 Å². The second kappa shape index (κ2) is 6.80.